The van der Waals surface area contributed by atoms with Gasteiger partial charge in [0.15, 0.2) is 5.78 Å². The average molecular weight is 399 g/mol. The summed E-state index contributed by atoms with van der Waals surface area (Å²) >= 11 is 0. The van der Waals surface area contributed by atoms with Crippen LogP contribution in [0.3, 0.4) is 0 Å². The van der Waals surface area contributed by atoms with Gasteiger partial charge in [0.2, 0.25) is 5.43 Å². The fourth-order valence-corrected chi connectivity index (χ4v) is 3.85. The number of benzene rings is 2. The molecule has 0 N–H and O–H groups in total. The number of aryl methyl sites for hydroxylation is 1. The van der Waals surface area contributed by atoms with Gasteiger partial charge in [-0.3, -0.25) is 9.59 Å². The summed E-state index contributed by atoms with van der Waals surface area (Å²) in [6, 6.07) is 16.8. The topological polar surface area (TPSA) is 67.8 Å². The molecule has 0 aliphatic rings. The van der Waals surface area contributed by atoms with Gasteiger partial charge in [0, 0.05) is 34.2 Å². The van der Waals surface area contributed by atoms with Crippen molar-refractivity contribution in [3.05, 3.63) is 99.3 Å². The van der Waals surface area contributed by atoms with Gasteiger partial charge in [-0.1, -0.05) is 18.2 Å². The van der Waals surface area contributed by atoms with Crippen molar-refractivity contribution >= 4 is 16.7 Å². The minimum Gasteiger partial charge on any atom is -0.338 e. The van der Waals surface area contributed by atoms with Gasteiger partial charge in [0.1, 0.15) is 17.4 Å². The lowest BCUT2D eigenvalue weighted by Gasteiger charge is -2.12. The van der Waals surface area contributed by atoms with Crippen LogP contribution in [0.2, 0.25) is 0 Å². The summed E-state index contributed by atoms with van der Waals surface area (Å²) in [7, 11) is 0. The van der Waals surface area contributed by atoms with Crippen molar-refractivity contribution < 1.29 is 9.18 Å². The molecule has 0 unspecified atom stereocenters. The maximum atomic E-state index is 13.7. The Kier molecular flexibility index (Phi) is 4.80. The molecule has 0 radical (unpaired) electrons. The fraction of sp³-hybridized carbons (Fsp3) is 0.125. The molecular weight excluding hydrogens is 381 g/mol. The minimum atomic E-state index is -0.350. The number of carbonyl (C=O) groups is 1. The molecule has 0 atom stereocenters. The molecule has 0 aliphatic heterocycles. The fourth-order valence-electron chi connectivity index (χ4n) is 3.85. The van der Waals surface area contributed by atoms with Crippen molar-refractivity contribution in [1.82, 2.24) is 9.13 Å². The molecule has 2 heterocycles. The molecule has 148 valence electrons. The van der Waals surface area contributed by atoms with Crippen LogP contribution in [0.15, 0.2) is 65.6 Å². The largest absolute Gasteiger partial charge is 0.338 e. The Hall–Kier alpha value is -3.98. The summed E-state index contributed by atoms with van der Waals surface area (Å²) in [6.07, 6.45) is 1.42. The molecule has 0 aliphatic carbocycles. The van der Waals surface area contributed by atoms with Crippen molar-refractivity contribution in [3.8, 4) is 11.8 Å². The Morgan fingerprint density at radius 2 is 1.87 bits per heavy atom. The number of carbonyl (C=O) groups excluding carboxylic acids is 1. The van der Waals surface area contributed by atoms with E-state index in [-0.39, 0.29) is 29.1 Å². The Bertz CT molecular complexity index is 1410. The lowest BCUT2D eigenvalue weighted by molar-refractivity contribution is 0.0973. The third-order valence-corrected chi connectivity index (χ3v) is 5.22. The summed E-state index contributed by atoms with van der Waals surface area (Å²) in [5, 5.41) is 9.70. The maximum Gasteiger partial charge on any atom is 0.207 e. The van der Waals surface area contributed by atoms with Gasteiger partial charge in [-0.2, -0.15) is 5.26 Å². The number of fused-ring (bicyclic) bond motifs is 1. The predicted octanol–water partition coefficient (Wildman–Crippen LogP) is 4.30. The third kappa shape index (κ3) is 3.20. The van der Waals surface area contributed by atoms with Crippen LogP contribution in [0.25, 0.3) is 16.6 Å². The summed E-state index contributed by atoms with van der Waals surface area (Å²) < 4.78 is 17.2. The lowest BCUT2D eigenvalue weighted by Crippen LogP contribution is -2.17. The second-order valence-electron chi connectivity index (χ2n) is 7.15. The zero-order chi connectivity index (χ0) is 21.4. The molecule has 4 rings (SSSR count). The van der Waals surface area contributed by atoms with Crippen molar-refractivity contribution in [2.45, 2.75) is 20.4 Å². The third-order valence-electron chi connectivity index (χ3n) is 5.22. The number of pyridine rings is 1. The number of halogens is 1. The van der Waals surface area contributed by atoms with Crippen molar-refractivity contribution in [1.29, 1.82) is 5.26 Å². The van der Waals surface area contributed by atoms with Gasteiger partial charge < -0.3 is 9.13 Å². The smallest absolute Gasteiger partial charge is 0.207 e. The predicted molar refractivity (Wildman–Crippen MR) is 112 cm³/mol. The first-order valence-electron chi connectivity index (χ1n) is 9.41. The van der Waals surface area contributed by atoms with E-state index in [1.807, 2.05) is 24.5 Å². The molecule has 0 saturated heterocycles. The van der Waals surface area contributed by atoms with E-state index in [0.717, 1.165) is 5.69 Å². The van der Waals surface area contributed by atoms with Crippen molar-refractivity contribution in [2.24, 2.45) is 0 Å². The second kappa shape index (κ2) is 7.45. The van der Waals surface area contributed by atoms with E-state index in [1.54, 1.807) is 47.0 Å². The van der Waals surface area contributed by atoms with E-state index >= 15 is 0 Å². The molecule has 2 aromatic carbocycles. The van der Waals surface area contributed by atoms with Gasteiger partial charge in [-0.05, 0) is 50.2 Å². The van der Waals surface area contributed by atoms with Crippen LogP contribution in [0.5, 0.6) is 0 Å². The van der Waals surface area contributed by atoms with E-state index in [4.69, 9.17) is 0 Å². The number of rotatable bonds is 4. The Labute approximate surface area is 172 Å². The monoisotopic (exact) mass is 399 g/mol. The van der Waals surface area contributed by atoms with E-state index in [2.05, 4.69) is 0 Å². The van der Waals surface area contributed by atoms with Gasteiger partial charge in [-0.15, -0.1) is 0 Å². The second-order valence-corrected chi connectivity index (χ2v) is 7.15. The van der Waals surface area contributed by atoms with Gasteiger partial charge >= 0.3 is 0 Å². The van der Waals surface area contributed by atoms with Crippen LogP contribution < -0.4 is 5.43 Å². The lowest BCUT2D eigenvalue weighted by atomic mass is 10.1. The van der Waals surface area contributed by atoms with E-state index < -0.39 is 0 Å². The van der Waals surface area contributed by atoms with Crippen LogP contribution in [-0.4, -0.2) is 14.9 Å². The van der Waals surface area contributed by atoms with Crippen LogP contribution in [0.4, 0.5) is 4.39 Å². The Morgan fingerprint density at radius 1 is 1.10 bits per heavy atom. The number of ketones is 1. The standard InChI is InChI=1S/C24H18FN3O2/c1-15-10-21(16(2)28(15)19-7-5-6-18(25)11-19)23(29)14-27-13-17(12-26)24(30)20-8-3-4-9-22(20)27/h3-11,13H,14H2,1-2H3. The molecule has 0 saturated carbocycles. The molecule has 0 fully saturated rings. The number of hydrogen-bond acceptors (Lipinski definition) is 3. The normalized spacial score (nSPS) is 10.9. The molecule has 0 spiro atoms. The minimum absolute atomic E-state index is 0.00765. The van der Waals surface area contributed by atoms with Crippen LogP contribution in [0.1, 0.15) is 27.3 Å². The Morgan fingerprint density at radius 3 is 2.60 bits per heavy atom. The number of para-hydroxylation sites is 1. The van der Waals surface area contributed by atoms with Crippen molar-refractivity contribution in [3.63, 3.8) is 0 Å². The zero-order valence-corrected chi connectivity index (χ0v) is 16.5. The molecule has 4 aromatic rings. The number of nitriles is 1. The van der Waals surface area contributed by atoms with E-state index in [9.17, 15) is 19.2 Å². The summed E-state index contributed by atoms with van der Waals surface area (Å²) in [5.74, 6) is -0.514. The number of hydrogen-bond donors (Lipinski definition) is 0. The number of aromatic nitrogens is 2. The average Bonchev–Trinajstić information content (AvgIpc) is 3.04. The number of nitrogens with zero attached hydrogens (tertiary/aromatic N) is 3. The number of Topliss-reactive ketones (excluding diaryl/α,β-unsaturated/α-hetero) is 1. The molecule has 2 aromatic heterocycles. The SMILES string of the molecule is Cc1cc(C(=O)Cn2cc(C#N)c(=O)c3ccccc32)c(C)n1-c1cccc(F)c1. The quantitative estimate of drug-likeness (QED) is 0.481. The van der Waals surface area contributed by atoms with Crippen molar-refractivity contribution in [2.75, 3.05) is 0 Å². The summed E-state index contributed by atoms with van der Waals surface area (Å²) in [4.78, 5) is 25.6. The molecule has 5 nitrogen and oxygen atoms in total. The van der Waals surface area contributed by atoms with E-state index in [0.29, 0.717) is 27.8 Å². The first-order chi connectivity index (χ1) is 14.4. The molecule has 0 amide bonds. The molecule has 0 bridgehead atoms. The van der Waals surface area contributed by atoms with Gasteiger partial charge in [0.05, 0.1) is 12.1 Å². The highest BCUT2D eigenvalue weighted by molar-refractivity contribution is 5.98. The first-order valence-corrected chi connectivity index (χ1v) is 9.41. The van der Waals surface area contributed by atoms with Crippen LogP contribution in [-0.2, 0) is 6.54 Å². The van der Waals surface area contributed by atoms with E-state index in [1.165, 1.54) is 18.3 Å². The van der Waals surface area contributed by atoms with Crippen LogP contribution >= 0.6 is 0 Å². The van der Waals surface area contributed by atoms with Crippen LogP contribution in [0, 0.1) is 31.0 Å². The van der Waals surface area contributed by atoms with Gasteiger partial charge in [0.25, 0.3) is 0 Å². The summed E-state index contributed by atoms with van der Waals surface area (Å²) in [6.45, 7) is 3.65. The zero-order valence-electron chi connectivity index (χ0n) is 16.5. The highest BCUT2D eigenvalue weighted by Crippen LogP contribution is 2.23. The summed E-state index contributed by atoms with van der Waals surface area (Å²) in [5.41, 5.74) is 2.90. The first kappa shape index (κ1) is 19.3. The molecule has 30 heavy (non-hydrogen) atoms. The molecule has 6 heteroatoms. The maximum absolute atomic E-state index is 13.7. The van der Waals surface area contributed by atoms with Gasteiger partial charge in [-0.25, -0.2) is 4.39 Å². The Balaban J connectivity index is 1.78. The highest BCUT2D eigenvalue weighted by Gasteiger charge is 2.18. The molecular formula is C24H18FN3O2. The highest BCUT2D eigenvalue weighted by atomic mass is 19.1.